The van der Waals surface area contributed by atoms with Gasteiger partial charge in [0.25, 0.3) is 0 Å². The standard InChI is InChI=1S/C9H9NO4/c1-5(11)10-6-2-3-8(12)7(4-6)9(13)14/h2-4,12H,1H3,(H,10,11)(H,13,14)/i1D3. The third-order valence-corrected chi connectivity index (χ3v) is 1.48. The first-order valence-electron chi connectivity index (χ1n) is 5.09. The molecule has 0 aromatic heterocycles. The van der Waals surface area contributed by atoms with Crippen molar-refractivity contribution in [2.24, 2.45) is 0 Å². The van der Waals surface area contributed by atoms with Gasteiger partial charge in [-0.3, -0.25) is 4.79 Å². The minimum atomic E-state index is -2.82. The summed E-state index contributed by atoms with van der Waals surface area (Å²) < 4.78 is 20.5. The molecule has 1 aromatic rings. The number of rotatable bonds is 2. The normalized spacial score (nSPS) is 13.6. The van der Waals surface area contributed by atoms with Crippen molar-refractivity contribution in [3.05, 3.63) is 23.8 Å². The summed E-state index contributed by atoms with van der Waals surface area (Å²) in [6, 6.07) is 3.23. The van der Waals surface area contributed by atoms with Gasteiger partial charge in [-0.15, -0.1) is 0 Å². The van der Waals surface area contributed by atoms with E-state index in [-0.39, 0.29) is 5.69 Å². The molecule has 0 saturated heterocycles. The van der Waals surface area contributed by atoms with Gasteiger partial charge in [0.05, 0.1) is 0 Å². The minimum absolute atomic E-state index is 0.0127. The summed E-state index contributed by atoms with van der Waals surface area (Å²) in [7, 11) is 0. The van der Waals surface area contributed by atoms with Crippen LogP contribution in [0.4, 0.5) is 5.69 Å². The molecule has 1 rings (SSSR count). The van der Waals surface area contributed by atoms with Gasteiger partial charge < -0.3 is 15.5 Å². The quantitative estimate of drug-likeness (QED) is 0.620. The van der Waals surface area contributed by atoms with Crippen molar-refractivity contribution < 1.29 is 23.9 Å². The number of aromatic hydroxyl groups is 1. The first-order chi connectivity index (χ1) is 7.71. The number of amides is 1. The number of phenols is 1. The van der Waals surface area contributed by atoms with E-state index in [1.165, 1.54) is 6.07 Å². The van der Waals surface area contributed by atoms with Gasteiger partial charge in [0.15, 0.2) is 0 Å². The van der Waals surface area contributed by atoms with Crippen LogP contribution in [0, 0.1) is 0 Å². The average Bonchev–Trinajstić information content (AvgIpc) is 2.19. The van der Waals surface area contributed by atoms with Crippen molar-refractivity contribution in [2.45, 2.75) is 6.85 Å². The molecule has 14 heavy (non-hydrogen) atoms. The van der Waals surface area contributed by atoms with Crippen LogP contribution in [0.15, 0.2) is 18.2 Å². The largest absolute Gasteiger partial charge is 0.507 e. The molecule has 0 bridgehead atoms. The maximum absolute atomic E-state index is 11.1. The third-order valence-electron chi connectivity index (χ3n) is 1.48. The van der Waals surface area contributed by atoms with Gasteiger partial charge in [-0.05, 0) is 18.2 Å². The number of carbonyl (C=O) groups excluding carboxylic acids is 1. The van der Waals surface area contributed by atoms with Crippen LogP contribution in [0.3, 0.4) is 0 Å². The van der Waals surface area contributed by atoms with E-state index >= 15 is 0 Å². The summed E-state index contributed by atoms with van der Waals surface area (Å²) >= 11 is 0. The highest BCUT2D eigenvalue weighted by Crippen LogP contribution is 2.21. The molecule has 3 N–H and O–H groups in total. The Labute approximate surface area is 84.2 Å². The molecule has 0 unspecified atom stereocenters. The van der Waals surface area contributed by atoms with E-state index in [1.807, 2.05) is 5.32 Å². The zero-order valence-corrected chi connectivity index (χ0v) is 6.94. The summed E-state index contributed by atoms with van der Waals surface area (Å²) in [6.07, 6.45) is 0. The first-order valence-corrected chi connectivity index (χ1v) is 3.59. The Morgan fingerprint density at radius 3 is 2.79 bits per heavy atom. The minimum Gasteiger partial charge on any atom is -0.507 e. The Bertz CT molecular complexity index is 470. The monoisotopic (exact) mass is 198 g/mol. The van der Waals surface area contributed by atoms with Gasteiger partial charge in [-0.2, -0.15) is 0 Å². The number of carboxylic acids is 1. The van der Waals surface area contributed by atoms with E-state index in [0.717, 1.165) is 12.1 Å². The van der Waals surface area contributed by atoms with E-state index in [2.05, 4.69) is 0 Å². The molecular weight excluding hydrogens is 186 g/mol. The Kier molecular flexibility index (Phi) is 1.73. The lowest BCUT2D eigenvalue weighted by Crippen LogP contribution is -2.07. The molecule has 0 spiro atoms. The molecule has 1 amide bonds. The molecule has 74 valence electrons. The number of hydrogen-bond acceptors (Lipinski definition) is 3. The molecule has 1 aromatic carbocycles. The van der Waals surface area contributed by atoms with Crippen molar-refractivity contribution in [3.63, 3.8) is 0 Å². The first kappa shape index (κ1) is 6.42. The van der Waals surface area contributed by atoms with Crippen LogP contribution in [0.25, 0.3) is 0 Å². The number of aromatic carboxylic acids is 1. The lowest BCUT2D eigenvalue weighted by molar-refractivity contribution is -0.114. The van der Waals surface area contributed by atoms with Gasteiger partial charge in [0.1, 0.15) is 11.3 Å². The van der Waals surface area contributed by atoms with Crippen LogP contribution < -0.4 is 5.32 Å². The molecular formula is C9H9NO4. The second kappa shape index (κ2) is 3.78. The van der Waals surface area contributed by atoms with Crippen molar-refractivity contribution in [1.82, 2.24) is 0 Å². The molecule has 5 nitrogen and oxygen atoms in total. The Morgan fingerprint density at radius 1 is 1.50 bits per heavy atom. The van der Waals surface area contributed by atoms with Crippen LogP contribution in [-0.2, 0) is 4.79 Å². The topological polar surface area (TPSA) is 86.6 Å². The molecule has 0 aliphatic heterocycles. The third kappa shape index (κ3) is 2.22. The highest BCUT2D eigenvalue weighted by atomic mass is 16.4. The van der Waals surface area contributed by atoms with Crippen molar-refractivity contribution in [2.75, 3.05) is 5.32 Å². The molecule has 0 aliphatic rings. The van der Waals surface area contributed by atoms with Crippen molar-refractivity contribution in [3.8, 4) is 5.75 Å². The second-order valence-electron chi connectivity index (χ2n) is 2.49. The predicted molar refractivity (Wildman–Crippen MR) is 49.4 cm³/mol. The number of carboxylic acid groups (broad SMARTS) is 1. The molecule has 0 heterocycles. The van der Waals surface area contributed by atoms with Crippen LogP contribution in [0.2, 0.25) is 0 Å². The lowest BCUT2D eigenvalue weighted by atomic mass is 10.2. The van der Waals surface area contributed by atoms with Crippen LogP contribution in [0.1, 0.15) is 21.3 Å². The van der Waals surface area contributed by atoms with Crippen LogP contribution >= 0.6 is 0 Å². The van der Waals surface area contributed by atoms with E-state index in [1.54, 1.807) is 0 Å². The van der Waals surface area contributed by atoms with Gasteiger partial charge in [-0.25, -0.2) is 4.79 Å². The van der Waals surface area contributed by atoms with E-state index in [9.17, 15) is 14.7 Å². The van der Waals surface area contributed by atoms with Crippen LogP contribution in [-0.4, -0.2) is 22.1 Å². The molecule has 0 fully saturated rings. The molecule has 0 radical (unpaired) electrons. The molecule has 0 aliphatic carbocycles. The zero-order chi connectivity index (χ0) is 13.2. The van der Waals surface area contributed by atoms with E-state index in [0.29, 0.717) is 0 Å². The SMILES string of the molecule is [2H]C([2H])([2H])C(=O)Nc1ccc(O)c(C(=O)O)c1. The Morgan fingerprint density at radius 2 is 2.21 bits per heavy atom. The number of anilines is 1. The lowest BCUT2D eigenvalue weighted by Gasteiger charge is -2.04. The summed E-state index contributed by atoms with van der Waals surface area (Å²) in [5.41, 5.74) is -0.435. The number of carbonyl (C=O) groups is 2. The Balaban J connectivity index is 2.98. The average molecular weight is 198 g/mol. The van der Waals surface area contributed by atoms with Gasteiger partial charge in [0, 0.05) is 16.7 Å². The maximum atomic E-state index is 11.1. The fraction of sp³-hybridized carbons (Fsp3) is 0.111. The zero-order valence-electron chi connectivity index (χ0n) is 9.94. The summed E-state index contributed by atoms with van der Waals surface area (Å²) in [4.78, 5) is 21.8. The number of hydrogen-bond donors (Lipinski definition) is 3. The fourth-order valence-electron chi connectivity index (χ4n) is 0.916. The molecule has 0 atom stereocenters. The van der Waals surface area contributed by atoms with E-state index in [4.69, 9.17) is 9.22 Å². The predicted octanol–water partition coefficient (Wildman–Crippen LogP) is 1.05. The van der Waals surface area contributed by atoms with E-state index < -0.39 is 30.0 Å². The number of nitrogens with one attached hydrogen (secondary N) is 1. The van der Waals surface area contributed by atoms with Gasteiger partial charge in [-0.1, -0.05) is 0 Å². The van der Waals surface area contributed by atoms with Crippen molar-refractivity contribution in [1.29, 1.82) is 0 Å². The summed E-state index contributed by atoms with van der Waals surface area (Å²) in [6.45, 7) is -2.82. The summed E-state index contributed by atoms with van der Waals surface area (Å²) in [5, 5.41) is 19.9. The maximum Gasteiger partial charge on any atom is 0.339 e. The highest BCUT2D eigenvalue weighted by molar-refractivity contribution is 5.94. The smallest absolute Gasteiger partial charge is 0.339 e. The second-order valence-corrected chi connectivity index (χ2v) is 2.49. The van der Waals surface area contributed by atoms with Gasteiger partial charge in [0.2, 0.25) is 5.91 Å². The van der Waals surface area contributed by atoms with Crippen molar-refractivity contribution >= 4 is 17.6 Å². The highest BCUT2D eigenvalue weighted by Gasteiger charge is 2.10. The molecule has 5 heteroatoms. The number of benzene rings is 1. The molecule has 0 saturated carbocycles. The fourth-order valence-corrected chi connectivity index (χ4v) is 0.916. The Hall–Kier alpha value is -2.04. The summed E-state index contributed by atoms with van der Waals surface area (Å²) in [5.74, 6) is -3.07. The van der Waals surface area contributed by atoms with Gasteiger partial charge >= 0.3 is 5.97 Å². The van der Waals surface area contributed by atoms with Crippen LogP contribution in [0.5, 0.6) is 5.75 Å².